The average molecular weight is 123 g/mol. The standard InChI is InChI=1S/C5H11ClO/c1-3-5(6)4-7-2/h5H,3-4H2,1-2H3/t5-/m1/s1. The van der Waals surface area contributed by atoms with Crippen LogP contribution < -0.4 is 0 Å². The molecule has 0 N–H and O–H groups in total. The highest BCUT2D eigenvalue weighted by atomic mass is 35.5. The molecule has 0 aliphatic carbocycles. The van der Waals surface area contributed by atoms with E-state index in [0.29, 0.717) is 6.61 Å². The van der Waals surface area contributed by atoms with E-state index in [-0.39, 0.29) is 5.38 Å². The van der Waals surface area contributed by atoms with Crippen LogP contribution >= 0.6 is 11.6 Å². The predicted molar refractivity (Wildman–Crippen MR) is 31.8 cm³/mol. The van der Waals surface area contributed by atoms with Crippen molar-refractivity contribution in [3.63, 3.8) is 0 Å². The summed E-state index contributed by atoms with van der Waals surface area (Å²) in [6.07, 6.45) is 0.982. The molecule has 0 spiro atoms. The molecule has 0 rings (SSSR count). The third-order valence-electron chi connectivity index (χ3n) is 0.790. The summed E-state index contributed by atoms with van der Waals surface area (Å²) in [4.78, 5) is 0. The second-order valence-corrected chi connectivity index (χ2v) is 2.08. The highest BCUT2D eigenvalue weighted by molar-refractivity contribution is 6.20. The zero-order valence-corrected chi connectivity index (χ0v) is 5.53. The van der Waals surface area contributed by atoms with E-state index in [9.17, 15) is 0 Å². The van der Waals surface area contributed by atoms with Crippen LogP contribution in [0.3, 0.4) is 0 Å². The van der Waals surface area contributed by atoms with Gasteiger partial charge in [-0.3, -0.25) is 0 Å². The molecule has 0 aromatic carbocycles. The Morgan fingerprint density at radius 1 is 1.71 bits per heavy atom. The number of alkyl halides is 1. The minimum Gasteiger partial charge on any atom is -0.383 e. The molecule has 0 saturated heterocycles. The first-order valence-corrected chi connectivity index (χ1v) is 2.88. The van der Waals surface area contributed by atoms with Crippen molar-refractivity contribution in [2.75, 3.05) is 13.7 Å². The molecule has 0 fully saturated rings. The van der Waals surface area contributed by atoms with Crippen molar-refractivity contribution in [3.8, 4) is 0 Å². The molecule has 1 atom stereocenters. The Balaban J connectivity index is 2.83. The summed E-state index contributed by atoms with van der Waals surface area (Å²) in [6.45, 7) is 2.70. The smallest absolute Gasteiger partial charge is 0.0626 e. The summed E-state index contributed by atoms with van der Waals surface area (Å²) in [5.41, 5.74) is 0. The largest absolute Gasteiger partial charge is 0.383 e. The molecular formula is C5H11ClO. The van der Waals surface area contributed by atoms with Gasteiger partial charge in [-0.2, -0.15) is 0 Å². The zero-order chi connectivity index (χ0) is 5.70. The third-order valence-corrected chi connectivity index (χ3v) is 1.23. The molecule has 0 bridgehead atoms. The summed E-state index contributed by atoms with van der Waals surface area (Å²) in [5.74, 6) is 0. The minimum absolute atomic E-state index is 0.199. The first kappa shape index (κ1) is 7.25. The lowest BCUT2D eigenvalue weighted by molar-refractivity contribution is 0.197. The van der Waals surface area contributed by atoms with Crippen LogP contribution in [0.25, 0.3) is 0 Å². The van der Waals surface area contributed by atoms with Crippen LogP contribution in [-0.2, 0) is 4.74 Å². The monoisotopic (exact) mass is 122 g/mol. The van der Waals surface area contributed by atoms with Gasteiger partial charge in [0.15, 0.2) is 0 Å². The maximum Gasteiger partial charge on any atom is 0.0626 e. The van der Waals surface area contributed by atoms with Gasteiger partial charge < -0.3 is 4.74 Å². The maximum atomic E-state index is 5.64. The van der Waals surface area contributed by atoms with E-state index in [1.54, 1.807) is 7.11 Å². The molecule has 0 unspecified atom stereocenters. The second-order valence-electron chi connectivity index (χ2n) is 1.46. The van der Waals surface area contributed by atoms with Crippen molar-refractivity contribution in [1.29, 1.82) is 0 Å². The fourth-order valence-corrected chi connectivity index (χ4v) is 0.425. The molecule has 0 aromatic rings. The Labute approximate surface area is 49.6 Å². The lowest BCUT2D eigenvalue weighted by atomic mass is 10.3. The van der Waals surface area contributed by atoms with Crippen LogP contribution in [0.2, 0.25) is 0 Å². The maximum absolute atomic E-state index is 5.64. The van der Waals surface area contributed by atoms with Crippen LogP contribution in [0.1, 0.15) is 13.3 Å². The van der Waals surface area contributed by atoms with E-state index in [0.717, 1.165) is 6.42 Å². The van der Waals surface area contributed by atoms with Crippen LogP contribution in [0.5, 0.6) is 0 Å². The Morgan fingerprint density at radius 2 is 2.29 bits per heavy atom. The van der Waals surface area contributed by atoms with Gasteiger partial charge in [0.1, 0.15) is 0 Å². The van der Waals surface area contributed by atoms with E-state index in [1.165, 1.54) is 0 Å². The summed E-state index contributed by atoms with van der Waals surface area (Å²) < 4.78 is 4.76. The molecule has 0 aromatic heterocycles. The fraction of sp³-hybridized carbons (Fsp3) is 1.00. The fourth-order valence-electron chi connectivity index (χ4n) is 0.299. The Bertz CT molecular complexity index is 39.1. The van der Waals surface area contributed by atoms with Gasteiger partial charge in [0.25, 0.3) is 0 Å². The first-order valence-electron chi connectivity index (χ1n) is 2.44. The summed E-state index contributed by atoms with van der Waals surface area (Å²) in [7, 11) is 1.66. The molecular weight excluding hydrogens is 112 g/mol. The Kier molecular flexibility index (Phi) is 4.57. The van der Waals surface area contributed by atoms with Crippen molar-refractivity contribution in [2.45, 2.75) is 18.7 Å². The van der Waals surface area contributed by atoms with E-state index in [2.05, 4.69) is 0 Å². The normalized spacial score (nSPS) is 14.1. The van der Waals surface area contributed by atoms with Crippen molar-refractivity contribution in [1.82, 2.24) is 0 Å². The predicted octanol–water partition coefficient (Wildman–Crippen LogP) is 1.65. The lowest BCUT2D eigenvalue weighted by Crippen LogP contribution is -2.04. The van der Waals surface area contributed by atoms with Gasteiger partial charge in [-0.15, -0.1) is 11.6 Å². The van der Waals surface area contributed by atoms with Crippen LogP contribution in [0, 0.1) is 0 Å². The highest BCUT2D eigenvalue weighted by Gasteiger charge is 1.96. The second kappa shape index (κ2) is 4.41. The van der Waals surface area contributed by atoms with Crippen molar-refractivity contribution in [2.24, 2.45) is 0 Å². The summed E-state index contributed by atoms with van der Waals surface area (Å²) >= 11 is 5.64. The number of hydrogen-bond acceptors (Lipinski definition) is 1. The van der Waals surface area contributed by atoms with Gasteiger partial charge in [0, 0.05) is 7.11 Å². The zero-order valence-electron chi connectivity index (χ0n) is 4.78. The molecule has 0 heterocycles. The molecule has 0 aliphatic rings. The Hall–Kier alpha value is 0.250. The van der Waals surface area contributed by atoms with Gasteiger partial charge in [-0.05, 0) is 6.42 Å². The quantitative estimate of drug-likeness (QED) is 0.518. The first-order chi connectivity index (χ1) is 3.31. The van der Waals surface area contributed by atoms with E-state index in [4.69, 9.17) is 16.3 Å². The van der Waals surface area contributed by atoms with Crippen LogP contribution in [0.15, 0.2) is 0 Å². The SMILES string of the molecule is CC[C@@H](Cl)COC. The van der Waals surface area contributed by atoms with Gasteiger partial charge in [-0.1, -0.05) is 6.92 Å². The molecule has 0 aliphatic heterocycles. The van der Waals surface area contributed by atoms with Crippen molar-refractivity contribution in [3.05, 3.63) is 0 Å². The number of hydrogen-bond donors (Lipinski definition) is 0. The highest BCUT2D eigenvalue weighted by Crippen LogP contribution is 1.99. The van der Waals surface area contributed by atoms with Crippen LogP contribution in [0.4, 0.5) is 0 Å². The minimum atomic E-state index is 0.199. The lowest BCUT2D eigenvalue weighted by Gasteiger charge is -2.00. The average Bonchev–Trinajstić information content (AvgIpc) is 1.68. The van der Waals surface area contributed by atoms with Crippen molar-refractivity contribution >= 4 is 11.6 Å². The third kappa shape index (κ3) is 4.10. The summed E-state index contributed by atoms with van der Waals surface area (Å²) in [5, 5.41) is 0.199. The number of rotatable bonds is 3. The van der Waals surface area contributed by atoms with Gasteiger partial charge in [0.2, 0.25) is 0 Å². The molecule has 7 heavy (non-hydrogen) atoms. The number of halogens is 1. The van der Waals surface area contributed by atoms with Gasteiger partial charge in [-0.25, -0.2) is 0 Å². The number of methoxy groups -OCH3 is 1. The van der Waals surface area contributed by atoms with E-state index in [1.807, 2.05) is 6.92 Å². The van der Waals surface area contributed by atoms with E-state index >= 15 is 0 Å². The topological polar surface area (TPSA) is 9.23 Å². The van der Waals surface area contributed by atoms with E-state index < -0.39 is 0 Å². The number of ether oxygens (including phenoxy) is 1. The molecule has 0 amide bonds. The summed E-state index contributed by atoms with van der Waals surface area (Å²) in [6, 6.07) is 0. The van der Waals surface area contributed by atoms with Crippen LogP contribution in [-0.4, -0.2) is 19.1 Å². The molecule has 1 nitrogen and oxygen atoms in total. The Morgan fingerprint density at radius 3 is 2.43 bits per heavy atom. The molecule has 2 heteroatoms. The van der Waals surface area contributed by atoms with Gasteiger partial charge >= 0.3 is 0 Å². The molecule has 44 valence electrons. The van der Waals surface area contributed by atoms with Crippen molar-refractivity contribution < 1.29 is 4.74 Å². The molecule has 0 radical (unpaired) electrons. The molecule has 0 saturated carbocycles. The van der Waals surface area contributed by atoms with Gasteiger partial charge in [0.05, 0.1) is 12.0 Å².